The van der Waals surface area contributed by atoms with Gasteiger partial charge in [-0.2, -0.15) is 0 Å². The highest BCUT2D eigenvalue weighted by Gasteiger charge is 2.05. The van der Waals surface area contributed by atoms with Crippen LogP contribution in [-0.4, -0.2) is 0 Å². The van der Waals surface area contributed by atoms with Crippen LogP contribution in [0.15, 0.2) is 42.5 Å². The van der Waals surface area contributed by atoms with Crippen molar-refractivity contribution in [2.75, 3.05) is 0 Å². The predicted octanol–water partition coefficient (Wildman–Crippen LogP) is 4.54. The number of halogens is 2. The normalized spacial score (nSPS) is 10.4. The van der Waals surface area contributed by atoms with E-state index in [9.17, 15) is 4.39 Å². The zero-order chi connectivity index (χ0) is 11.5. The van der Waals surface area contributed by atoms with Crippen LogP contribution < -0.4 is 0 Å². The Hall–Kier alpha value is -1.34. The first kappa shape index (κ1) is 11.2. The molecule has 0 atom stereocenters. The topological polar surface area (TPSA) is 0 Å². The van der Waals surface area contributed by atoms with Crippen molar-refractivity contribution in [3.05, 3.63) is 59.4 Å². The molecule has 0 saturated carbocycles. The van der Waals surface area contributed by atoms with Crippen LogP contribution in [0.4, 0.5) is 4.39 Å². The second kappa shape index (κ2) is 4.67. The van der Waals surface area contributed by atoms with Crippen molar-refractivity contribution in [2.45, 2.75) is 12.8 Å². The molecule has 0 spiro atoms. The summed E-state index contributed by atoms with van der Waals surface area (Å²) in [6.07, 6.45) is 0. The standard InChI is InChI=1S/C14H12ClF/c1-10-3-2-4-12(7-10)13-8-11(9-15)5-6-14(13)16/h2-8H,9H2,1H3. The van der Waals surface area contributed by atoms with E-state index in [-0.39, 0.29) is 5.82 Å². The van der Waals surface area contributed by atoms with Crippen molar-refractivity contribution in [2.24, 2.45) is 0 Å². The number of hydrogen-bond donors (Lipinski definition) is 0. The maximum atomic E-state index is 13.7. The molecule has 82 valence electrons. The van der Waals surface area contributed by atoms with Gasteiger partial charge in [0.25, 0.3) is 0 Å². The SMILES string of the molecule is Cc1cccc(-c2cc(CCl)ccc2F)c1. The quantitative estimate of drug-likeness (QED) is 0.670. The minimum Gasteiger partial charge on any atom is -0.206 e. The second-order valence-corrected chi connectivity index (χ2v) is 4.08. The Kier molecular flexibility index (Phi) is 3.25. The summed E-state index contributed by atoms with van der Waals surface area (Å²) in [5.74, 6) is 0.193. The molecule has 2 heteroatoms. The third-order valence-corrected chi connectivity index (χ3v) is 2.82. The Morgan fingerprint density at radius 2 is 1.94 bits per heavy atom. The van der Waals surface area contributed by atoms with E-state index in [0.717, 1.165) is 16.7 Å². The molecule has 0 aromatic heterocycles. The van der Waals surface area contributed by atoms with Gasteiger partial charge in [0.2, 0.25) is 0 Å². The van der Waals surface area contributed by atoms with E-state index in [1.165, 1.54) is 6.07 Å². The van der Waals surface area contributed by atoms with Gasteiger partial charge in [-0.3, -0.25) is 0 Å². The third kappa shape index (κ3) is 2.25. The lowest BCUT2D eigenvalue weighted by molar-refractivity contribution is 0.631. The van der Waals surface area contributed by atoms with Crippen molar-refractivity contribution in [3.8, 4) is 11.1 Å². The summed E-state index contributed by atoms with van der Waals surface area (Å²) in [5.41, 5.74) is 3.55. The van der Waals surface area contributed by atoms with E-state index >= 15 is 0 Å². The van der Waals surface area contributed by atoms with Crippen LogP contribution >= 0.6 is 11.6 Å². The Bertz CT molecular complexity index is 506. The highest BCUT2D eigenvalue weighted by Crippen LogP contribution is 2.25. The van der Waals surface area contributed by atoms with Crippen molar-refractivity contribution in [1.82, 2.24) is 0 Å². The molecule has 0 saturated heterocycles. The molecule has 0 unspecified atom stereocenters. The smallest absolute Gasteiger partial charge is 0.131 e. The molecule has 0 heterocycles. The minimum atomic E-state index is -0.209. The summed E-state index contributed by atoms with van der Waals surface area (Å²) < 4.78 is 13.7. The Balaban J connectivity index is 2.54. The summed E-state index contributed by atoms with van der Waals surface area (Å²) in [4.78, 5) is 0. The number of rotatable bonds is 2. The maximum Gasteiger partial charge on any atom is 0.131 e. The van der Waals surface area contributed by atoms with Gasteiger partial charge in [0.05, 0.1) is 0 Å². The lowest BCUT2D eigenvalue weighted by atomic mass is 10.0. The molecule has 0 N–H and O–H groups in total. The predicted molar refractivity (Wildman–Crippen MR) is 66.1 cm³/mol. The third-order valence-electron chi connectivity index (χ3n) is 2.51. The fourth-order valence-corrected chi connectivity index (χ4v) is 1.86. The number of aryl methyl sites for hydroxylation is 1. The summed E-state index contributed by atoms with van der Waals surface area (Å²) in [6, 6.07) is 12.8. The van der Waals surface area contributed by atoms with Crippen LogP contribution in [-0.2, 0) is 5.88 Å². The van der Waals surface area contributed by atoms with Crippen molar-refractivity contribution in [3.63, 3.8) is 0 Å². The lowest BCUT2D eigenvalue weighted by Gasteiger charge is -2.06. The fraction of sp³-hybridized carbons (Fsp3) is 0.143. The first-order chi connectivity index (χ1) is 7.70. The van der Waals surface area contributed by atoms with Gasteiger partial charge in [-0.05, 0) is 30.2 Å². The van der Waals surface area contributed by atoms with Crippen LogP contribution in [0.5, 0.6) is 0 Å². The molecular formula is C14H12ClF. The summed E-state index contributed by atoms with van der Waals surface area (Å²) >= 11 is 5.75. The van der Waals surface area contributed by atoms with E-state index in [4.69, 9.17) is 11.6 Å². The first-order valence-electron chi connectivity index (χ1n) is 5.12. The first-order valence-corrected chi connectivity index (χ1v) is 5.65. The van der Waals surface area contributed by atoms with E-state index in [1.807, 2.05) is 31.2 Å². The molecular weight excluding hydrogens is 223 g/mol. The Morgan fingerprint density at radius 3 is 2.62 bits per heavy atom. The Morgan fingerprint density at radius 1 is 1.12 bits per heavy atom. The molecule has 0 nitrogen and oxygen atoms in total. The summed E-state index contributed by atoms with van der Waals surface area (Å²) in [6.45, 7) is 1.99. The van der Waals surface area contributed by atoms with Gasteiger partial charge < -0.3 is 0 Å². The molecule has 0 fully saturated rings. The van der Waals surface area contributed by atoms with E-state index in [0.29, 0.717) is 11.4 Å². The molecule has 2 aromatic rings. The van der Waals surface area contributed by atoms with Gasteiger partial charge in [-0.1, -0.05) is 35.9 Å². The van der Waals surface area contributed by atoms with Gasteiger partial charge in [-0.15, -0.1) is 11.6 Å². The molecule has 0 amide bonds. The van der Waals surface area contributed by atoms with Crippen LogP contribution in [0.3, 0.4) is 0 Å². The average Bonchev–Trinajstić information content (AvgIpc) is 2.30. The van der Waals surface area contributed by atoms with Gasteiger partial charge in [0, 0.05) is 11.4 Å². The van der Waals surface area contributed by atoms with Crippen LogP contribution in [0, 0.1) is 12.7 Å². The molecule has 0 aliphatic heterocycles. The van der Waals surface area contributed by atoms with Crippen LogP contribution in [0.25, 0.3) is 11.1 Å². The number of hydrogen-bond acceptors (Lipinski definition) is 0. The monoisotopic (exact) mass is 234 g/mol. The van der Waals surface area contributed by atoms with Gasteiger partial charge in [0.1, 0.15) is 5.82 Å². The highest BCUT2D eigenvalue weighted by molar-refractivity contribution is 6.17. The number of alkyl halides is 1. The van der Waals surface area contributed by atoms with Gasteiger partial charge >= 0.3 is 0 Å². The van der Waals surface area contributed by atoms with Gasteiger partial charge in [0.15, 0.2) is 0 Å². The molecule has 2 aromatic carbocycles. The zero-order valence-corrected chi connectivity index (χ0v) is 9.76. The molecule has 0 aliphatic rings. The second-order valence-electron chi connectivity index (χ2n) is 3.82. The lowest BCUT2D eigenvalue weighted by Crippen LogP contribution is -1.87. The molecule has 0 bridgehead atoms. The molecule has 16 heavy (non-hydrogen) atoms. The molecule has 0 aliphatic carbocycles. The average molecular weight is 235 g/mol. The number of benzene rings is 2. The fourth-order valence-electron chi connectivity index (χ4n) is 1.69. The summed E-state index contributed by atoms with van der Waals surface area (Å²) in [7, 11) is 0. The highest BCUT2D eigenvalue weighted by atomic mass is 35.5. The van der Waals surface area contributed by atoms with Gasteiger partial charge in [-0.25, -0.2) is 4.39 Å². The minimum absolute atomic E-state index is 0.209. The van der Waals surface area contributed by atoms with Crippen molar-refractivity contribution < 1.29 is 4.39 Å². The molecule has 0 radical (unpaired) electrons. The van der Waals surface area contributed by atoms with Crippen LogP contribution in [0.2, 0.25) is 0 Å². The van der Waals surface area contributed by atoms with E-state index < -0.39 is 0 Å². The van der Waals surface area contributed by atoms with E-state index in [1.54, 1.807) is 12.1 Å². The maximum absolute atomic E-state index is 13.7. The Labute approximate surface area is 99.7 Å². The summed E-state index contributed by atoms with van der Waals surface area (Å²) in [5, 5.41) is 0. The van der Waals surface area contributed by atoms with Crippen molar-refractivity contribution in [1.29, 1.82) is 0 Å². The largest absolute Gasteiger partial charge is 0.206 e. The molecule has 2 rings (SSSR count). The zero-order valence-electron chi connectivity index (χ0n) is 9.00. The van der Waals surface area contributed by atoms with E-state index in [2.05, 4.69) is 0 Å². The van der Waals surface area contributed by atoms with Crippen LogP contribution in [0.1, 0.15) is 11.1 Å². The van der Waals surface area contributed by atoms with Crippen molar-refractivity contribution >= 4 is 11.6 Å².